The van der Waals surface area contributed by atoms with Crippen LogP contribution in [0, 0.1) is 0 Å². The number of halogens is 1. The molecule has 1 N–H and O–H groups in total. The first-order chi connectivity index (χ1) is 6.27. The van der Waals surface area contributed by atoms with Crippen molar-refractivity contribution in [3.8, 4) is 0 Å². The molecule has 2 aliphatic heterocycles. The molecule has 0 bridgehead atoms. The van der Waals surface area contributed by atoms with E-state index in [1.165, 1.54) is 0 Å². The molecule has 2 unspecified atom stereocenters. The molecule has 0 radical (unpaired) electrons. The van der Waals surface area contributed by atoms with Crippen molar-refractivity contribution in [3.63, 3.8) is 0 Å². The maximum atomic E-state index is 12.8. The molecule has 2 fully saturated rings. The fourth-order valence-electron chi connectivity index (χ4n) is 2.04. The van der Waals surface area contributed by atoms with E-state index in [1.54, 1.807) is 0 Å². The average molecular weight is 186 g/mol. The minimum Gasteiger partial charge on any atom is -0.341 e. The van der Waals surface area contributed by atoms with Crippen molar-refractivity contribution in [1.29, 1.82) is 0 Å². The third-order valence-corrected chi connectivity index (χ3v) is 2.79. The van der Waals surface area contributed by atoms with Crippen LogP contribution in [0.25, 0.3) is 0 Å². The summed E-state index contributed by atoms with van der Waals surface area (Å²) in [6.07, 6.45) is 1.71. The van der Waals surface area contributed by atoms with Gasteiger partial charge >= 0.3 is 0 Å². The van der Waals surface area contributed by atoms with Crippen LogP contribution in [0.4, 0.5) is 4.39 Å². The van der Waals surface area contributed by atoms with E-state index in [4.69, 9.17) is 0 Å². The number of carbonyl (C=O) groups is 1. The quantitative estimate of drug-likeness (QED) is 0.639. The Labute approximate surface area is 77.3 Å². The number of rotatable bonds is 1. The summed E-state index contributed by atoms with van der Waals surface area (Å²) < 4.78 is 12.8. The third kappa shape index (κ3) is 1.82. The molecule has 2 heterocycles. The molecule has 74 valence electrons. The SMILES string of the molecule is O=C(C1CC(F)CN1)N1CCCC1. The lowest BCUT2D eigenvalue weighted by Gasteiger charge is -2.19. The molecule has 3 nitrogen and oxygen atoms in total. The highest BCUT2D eigenvalue weighted by Gasteiger charge is 2.32. The van der Waals surface area contributed by atoms with Crippen LogP contribution in [0.5, 0.6) is 0 Å². The van der Waals surface area contributed by atoms with Crippen LogP contribution < -0.4 is 5.32 Å². The summed E-state index contributed by atoms with van der Waals surface area (Å²) in [6.45, 7) is 2.05. The van der Waals surface area contributed by atoms with E-state index < -0.39 is 6.17 Å². The van der Waals surface area contributed by atoms with Gasteiger partial charge in [0.15, 0.2) is 0 Å². The van der Waals surface area contributed by atoms with Crippen LogP contribution in [0.15, 0.2) is 0 Å². The number of nitrogens with one attached hydrogen (secondary N) is 1. The van der Waals surface area contributed by atoms with Crippen molar-refractivity contribution in [2.45, 2.75) is 31.5 Å². The second kappa shape index (κ2) is 3.62. The monoisotopic (exact) mass is 186 g/mol. The van der Waals surface area contributed by atoms with Gasteiger partial charge in [-0.1, -0.05) is 0 Å². The molecule has 0 aromatic rings. The van der Waals surface area contributed by atoms with Gasteiger partial charge in [-0.3, -0.25) is 4.79 Å². The summed E-state index contributed by atoms with van der Waals surface area (Å²) in [4.78, 5) is 13.5. The van der Waals surface area contributed by atoms with Gasteiger partial charge in [-0.25, -0.2) is 4.39 Å². The molecule has 0 aromatic heterocycles. The first-order valence-electron chi connectivity index (χ1n) is 4.93. The second-order valence-electron chi connectivity index (χ2n) is 3.83. The molecule has 0 aromatic carbocycles. The van der Waals surface area contributed by atoms with Crippen LogP contribution in [0.3, 0.4) is 0 Å². The molecular formula is C9H15FN2O. The van der Waals surface area contributed by atoms with Gasteiger partial charge in [0.1, 0.15) is 6.17 Å². The molecule has 0 saturated carbocycles. The molecular weight excluding hydrogens is 171 g/mol. The Morgan fingerprint density at radius 3 is 2.62 bits per heavy atom. The van der Waals surface area contributed by atoms with Crippen LogP contribution in [-0.2, 0) is 4.79 Å². The Balaban J connectivity index is 1.89. The maximum absolute atomic E-state index is 12.8. The number of likely N-dealkylation sites (tertiary alicyclic amines) is 1. The number of amides is 1. The highest BCUT2D eigenvalue weighted by Crippen LogP contribution is 2.15. The normalized spacial score (nSPS) is 34.1. The van der Waals surface area contributed by atoms with E-state index in [0.717, 1.165) is 25.9 Å². The molecule has 2 saturated heterocycles. The zero-order valence-electron chi connectivity index (χ0n) is 7.63. The predicted molar refractivity (Wildman–Crippen MR) is 47.1 cm³/mol. The van der Waals surface area contributed by atoms with Crippen molar-refractivity contribution in [2.75, 3.05) is 19.6 Å². The fourth-order valence-corrected chi connectivity index (χ4v) is 2.04. The lowest BCUT2D eigenvalue weighted by Crippen LogP contribution is -2.42. The van der Waals surface area contributed by atoms with Crippen LogP contribution in [0.1, 0.15) is 19.3 Å². The van der Waals surface area contributed by atoms with Crippen LogP contribution >= 0.6 is 0 Å². The van der Waals surface area contributed by atoms with Crippen molar-refractivity contribution in [1.82, 2.24) is 10.2 Å². The minimum atomic E-state index is -0.837. The first-order valence-corrected chi connectivity index (χ1v) is 4.93. The van der Waals surface area contributed by atoms with Gasteiger partial charge in [-0.05, 0) is 12.8 Å². The molecule has 2 atom stereocenters. The zero-order chi connectivity index (χ0) is 9.26. The molecule has 0 spiro atoms. The van der Waals surface area contributed by atoms with Gasteiger partial charge in [0.25, 0.3) is 0 Å². The van der Waals surface area contributed by atoms with E-state index in [2.05, 4.69) is 5.32 Å². The number of hydrogen-bond donors (Lipinski definition) is 1. The number of hydrogen-bond acceptors (Lipinski definition) is 2. The van der Waals surface area contributed by atoms with E-state index in [0.29, 0.717) is 13.0 Å². The lowest BCUT2D eigenvalue weighted by atomic mass is 10.2. The highest BCUT2D eigenvalue weighted by atomic mass is 19.1. The van der Waals surface area contributed by atoms with Crippen LogP contribution in [0.2, 0.25) is 0 Å². The average Bonchev–Trinajstić information content (AvgIpc) is 2.72. The molecule has 4 heteroatoms. The van der Waals surface area contributed by atoms with Gasteiger partial charge in [0, 0.05) is 26.1 Å². The molecule has 13 heavy (non-hydrogen) atoms. The maximum Gasteiger partial charge on any atom is 0.239 e. The van der Waals surface area contributed by atoms with Gasteiger partial charge in [0.2, 0.25) is 5.91 Å². The Bertz CT molecular complexity index is 204. The van der Waals surface area contributed by atoms with Gasteiger partial charge in [-0.2, -0.15) is 0 Å². The summed E-state index contributed by atoms with van der Waals surface area (Å²) >= 11 is 0. The topological polar surface area (TPSA) is 32.3 Å². The first kappa shape index (κ1) is 8.94. The van der Waals surface area contributed by atoms with Crippen molar-refractivity contribution >= 4 is 5.91 Å². The van der Waals surface area contributed by atoms with Gasteiger partial charge in [0.05, 0.1) is 6.04 Å². The molecule has 1 amide bonds. The number of nitrogens with zero attached hydrogens (tertiary/aromatic N) is 1. The summed E-state index contributed by atoms with van der Waals surface area (Å²) in [5.74, 6) is 0.0950. The summed E-state index contributed by atoms with van der Waals surface area (Å²) in [5, 5.41) is 2.92. The number of alkyl halides is 1. The Hall–Kier alpha value is -0.640. The largest absolute Gasteiger partial charge is 0.341 e. The fraction of sp³-hybridized carbons (Fsp3) is 0.889. The molecule has 2 rings (SSSR count). The third-order valence-electron chi connectivity index (χ3n) is 2.79. The molecule has 0 aliphatic carbocycles. The Kier molecular flexibility index (Phi) is 2.49. The van der Waals surface area contributed by atoms with E-state index in [9.17, 15) is 9.18 Å². The zero-order valence-corrected chi connectivity index (χ0v) is 7.63. The van der Waals surface area contributed by atoms with Gasteiger partial charge in [-0.15, -0.1) is 0 Å². The van der Waals surface area contributed by atoms with E-state index in [1.807, 2.05) is 4.90 Å². The Morgan fingerprint density at radius 1 is 1.38 bits per heavy atom. The van der Waals surface area contributed by atoms with E-state index >= 15 is 0 Å². The van der Waals surface area contributed by atoms with Crippen molar-refractivity contribution in [3.05, 3.63) is 0 Å². The minimum absolute atomic E-state index is 0.0950. The van der Waals surface area contributed by atoms with Crippen molar-refractivity contribution < 1.29 is 9.18 Å². The lowest BCUT2D eigenvalue weighted by molar-refractivity contribution is -0.132. The summed E-state index contributed by atoms with van der Waals surface area (Å²) in [5.41, 5.74) is 0. The standard InChI is InChI=1S/C9H15FN2O/c10-7-5-8(11-6-7)9(13)12-3-1-2-4-12/h7-8,11H,1-6H2. The van der Waals surface area contributed by atoms with Gasteiger partial charge < -0.3 is 10.2 Å². The van der Waals surface area contributed by atoms with Crippen LogP contribution in [-0.4, -0.2) is 42.7 Å². The summed E-state index contributed by atoms with van der Waals surface area (Å²) in [7, 11) is 0. The Morgan fingerprint density at radius 2 is 2.08 bits per heavy atom. The predicted octanol–water partition coefficient (Wildman–Crippen LogP) is 0.309. The summed E-state index contributed by atoms with van der Waals surface area (Å²) in [6, 6.07) is -0.256. The van der Waals surface area contributed by atoms with E-state index in [-0.39, 0.29) is 11.9 Å². The second-order valence-corrected chi connectivity index (χ2v) is 3.83. The number of carbonyl (C=O) groups excluding carboxylic acids is 1. The van der Waals surface area contributed by atoms with Crippen molar-refractivity contribution in [2.24, 2.45) is 0 Å². The highest BCUT2D eigenvalue weighted by molar-refractivity contribution is 5.82. The molecule has 2 aliphatic rings. The smallest absolute Gasteiger partial charge is 0.239 e.